The molecule has 9 nitrogen and oxygen atoms in total. The Labute approximate surface area is 197 Å². The maximum atomic E-state index is 13.5. The van der Waals surface area contributed by atoms with Crippen molar-refractivity contribution in [2.75, 3.05) is 31.8 Å². The highest BCUT2D eigenvalue weighted by Gasteiger charge is 2.76. The number of carbonyl (C=O) groups excluding carboxylic acids is 2. The molecule has 0 spiro atoms. The second kappa shape index (κ2) is 8.15. The van der Waals surface area contributed by atoms with E-state index in [1.54, 1.807) is 0 Å². The summed E-state index contributed by atoms with van der Waals surface area (Å²) in [5.41, 5.74) is -5.56. The molecule has 0 aromatic heterocycles. The number of nitrogens with zero attached hydrogens (tertiary/aromatic N) is 2. The molecule has 3 aliphatic rings. The fourth-order valence-corrected chi connectivity index (χ4v) is 5.48. The molecule has 1 aromatic rings. The summed E-state index contributed by atoms with van der Waals surface area (Å²) in [6.07, 6.45) is -4.90. The number of nitriles is 1. The Kier molecular flexibility index (Phi) is 5.78. The third-order valence-electron chi connectivity index (χ3n) is 6.89. The van der Waals surface area contributed by atoms with E-state index < -0.39 is 58.1 Å². The second-order valence-electron chi connectivity index (χ2n) is 8.83. The number of hydrogen-bond acceptors (Lipinski definition) is 7. The van der Waals surface area contributed by atoms with Gasteiger partial charge in [0.25, 0.3) is 0 Å². The predicted molar refractivity (Wildman–Crippen MR) is 111 cm³/mol. The lowest BCUT2D eigenvalue weighted by atomic mass is 9.66. The van der Waals surface area contributed by atoms with Gasteiger partial charge in [0.05, 0.1) is 60.1 Å². The fourth-order valence-electron chi connectivity index (χ4n) is 5.48. The molecule has 4 rings (SSSR count). The van der Waals surface area contributed by atoms with Gasteiger partial charge in [0.2, 0.25) is 11.8 Å². The van der Waals surface area contributed by atoms with Gasteiger partial charge < -0.3 is 19.3 Å². The number of imide groups is 1. The van der Waals surface area contributed by atoms with Gasteiger partial charge in [-0.15, -0.1) is 0 Å². The van der Waals surface area contributed by atoms with Crippen LogP contribution < -0.4 is 4.90 Å². The molecule has 35 heavy (non-hydrogen) atoms. The first kappa shape index (κ1) is 24.8. The van der Waals surface area contributed by atoms with E-state index in [9.17, 15) is 32.7 Å². The van der Waals surface area contributed by atoms with Crippen LogP contribution in [0.2, 0.25) is 0 Å². The summed E-state index contributed by atoms with van der Waals surface area (Å²) in [7, 11) is 1.46. The number of benzene rings is 1. The first-order valence-electron chi connectivity index (χ1n) is 10.6. The Morgan fingerprint density at radius 2 is 1.83 bits per heavy atom. The maximum absolute atomic E-state index is 13.5. The number of ether oxygens (including phenoxy) is 3. The van der Waals surface area contributed by atoms with E-state index >= 15 is 0 Å². The van der Waals surface area contributed by atoms with Crippen molar-refractivity contribution in [1.82, 2.24) is 0 Å². The molecule has 3 heterocycles. The minimum atomic E-state index is -4.90. The molecule has 0 saturated carbocycles. The smallest absolute Gasteiger partial charge is 0.417 e. The van der Waals surface area contributed by atoms with Gasteiger partial charge in [0, 0.05) is 12.7 Å². The van der Waals surface area contributed by atoms with E-state index in [0.717, 1.165) is 12.1 Å². The highest BCUT2D eigenvalue weighted by atomic mass is 19.4. The molecule has 12 heteroatoms. The number of alkyl halides is 3. The number of fused-ring (bicyclic) bond motifs is 5. The van der Waals surface area contributed by atoms with Gasteiger partial charge in [0.1, 0.15) is 11.2 Å². The molecule has 4 atom stereocenters. The Balaban J connectivity index is 1.78. The lowest BCUT2D eigenvalue weighted by Crippen LogP contribution is -2.45. The molecule has 1 N–H and O–H groups in total. The topological polar surface area (TPSA) is 126 Å². The molecule has 2 amide bonds. The first-order valence-corrected chi connectivity index (χ1v) is 10.6. The van der Waals surface area contributed by atoms with Crippen LogP contribution in [-0.2, 0) is 34.8 Å². The Hall–Kier alpha value is -3.27. The maximum Gasteiger partial charge on any atom is 0.417 e. The van der Waals surface area contributed by atoms with E-state index in [0.29, 0.717) is 11.0 Å². The van der Waals surface area contributed by atoms with E-state index in [2.05, 4.69) is 0 Å². The van der Waals surface area contributed by atoms with Gasteiger partial charge in [-0.1, -0.05) is 0 Å². The monoisotopic (exact) mass is 494 g/mol. The quantitative estimate of drug-likeness (QED) is 0.452. The number of halogens is 3. The van der Waals surface area contributed by atoms with Crippen molar-refractivity contribution in [3.8, 4) is 6.07 Å². The number of anilines is 1. The molecule has 2 bridgehead atoms. The van der Waals surface area contributed by atoms with Crippen molar-refractivity contribution in [2.24, 2.45) is 11.8 Å². The lowest BCUT2D eigenvalue weighted by Gasteiger charge is -2.31. The minimum absolute atomic E-state index is 0.137. The van der Waals surface area contributed by atoms with Gasteiger partial charge in [-0.05, 0) is 32.0 Å². The minimum Gasteiger partial charge on any atom is -0.478 e. The third-order valence-corrected chi connectivity index (χ3v) is 6.89. The van der Waals surface area contributed by atoms with Crippen molar-refractivity contribution in [3.05, 3.63) is 40.5 Å². The Bertz CT molecular complexity index is 1200. The number of methoxy groups -OCH3 is 1. The molecule has 2 saturated heterocycles. The summed E-state index contributed by atoms with van der Waals surface area (Å²) in [5.74, 6) is -5.48. The summed E-state index contributed by atoms with van der Waals surface area (Å²) >= 11 is 0. The summed E-state index contributed by atoms with van der Waals surface area (Å²) in [6.45, 7) is 3.04. The van der Waals surface area contributed by atoms with Crippen LogP contribution in [0.25, 0.3) is 0 Å². The lowest BCUT2D eigenvalue weighted by molar-refractivity contribution is -0.139. The van der Waals surface area contributed by atoms with E-state index in [-0.39, 0.29) is 36.7 Å². The standard InChI is InChI=1S/C23H21F3N2O7/c1-21-14(10-34-7-6-33-3)15(20(31)32)22(2,35-21)17-16(21)18(29)28(19(17)30)12-5-4-11(9-27)13(8-12)23(24,25)26/h4-5,8,16-17H,6-7,10H2,1-3H3,(H,31,32)/t16-,17+,21+,22+/m1/s1. The number of carboxylic acid groups (broad SMARTS) is 1. The van der Waals surface area contributed by atoms with Crippen LogP contribution in [0.3, 0.4) is 0 Å². The van der Waals surface area contributed by atoms with Crippen molar-refractivity contribution in [2.45, 2.75) is 31.2 Å². The first-order chi connectivity index (χ1) is 16.3. The van der Waals surface area contributed by atoms with E-state index in [4.69, 9.17) is 19.5 Å². The molecule has 186 valence electrons. The molecule has 1 aromatic carbocycles. The zero-order chi connectivity index (χ0) is 25.9. The van der Waals surface area contributed by atoms with Gasteiger partial charge in [0.15, 0.2) is 0 Å². The van der Waals surface area contributed by atoms with Crippen LogP contribution in [-0.4, -0.2) is 61.0 Å². The SMILES string of the molecule is COCCOCC1=C(C(=O)O)[C@]2(C)O[C@]1(C)[C@H]1C(=O)N(c3ccc(C#N)c(C(F)(F)F)c3)C(=O)[C@H]12. The normalized spacial score (nSPS) is 29.7. The number of carboxylic acids is 1. The Morgan fingerprint density at radius 3 is 2.37 bits per heavy atom. The average molecular weight is 494 g/mol. The molecule has 2 fully saturated rings. The Morgan fingerprint density at radius 1 is 1.20 bits per heavy atom. The zero-order valence-electron chi connectivity index (χ0n) is 18.9. The highest BCUT2D eigenvalue weighted by Crippen LogP contribution is 2.63. The molecule has 3 aliphatic heterocycles. The average Bonchev–Trinajstić information content (AvgIpc) is 3.28. The van der Waals surface area contributed by atoms with Gasteiger partial charge in [-0.3, -0.25) is 9.59 Å². The summed E-state index contributed by atoms with van der Waals surface area (Å²) in [6, 6.07) is 3.99. The van der Waals surface area contributed by atoms with E-state index in [1.165, 1.54) is 27.0 Å². The van der Waals surface area contributed by atoms with Crippen LogP contribution in [0.15, 0.2) is 29.3 Å². The molecule has 0 aliphatic carbocycles. The largest absolute Gasteiger partial charge is 0.478 e. The number of amides is 2. The predicted octanol–water partition coefficient (Wildman–Crippen LogP) is 2.29. The number of carbonyl (C=O) groups is 3. The van der Waals surface area contributed by atoms with Crippen LogP contribution in [0.1, 0.15) is 25.0 Å². The highest BCUT2D eigenvalue weighted by molar-refractivity contribution is 6.24. The summed E-state index contributed by atoms with van der Waals surface area (Å²) in [4.78, 5) is 39.8. The van der Waals surface area contributed by atoms with Crippen LogP contribution >= 0.6 is 0 Å². The van der Waals surface area contributed by atoms with Crippen molar-refractivity contribution >= 4 is 23.5 Å². The van der Waals surface area contributed by atoms with E-state index in [1.807, 2.05) is 0 Å². The van der Waals surface area contributed by atoms with Gasteiger partial charge in [-0.25, -0.2) is 9.69 Å². The number of rotatable bonds is 7. The number of aliphatic carboxylic acids is 1. The molecule has 0 unspecified atom stereocenters. The molecule has 0 radical (unpaired) electrons. The van der Waals surface area contributed by atoms with Crippen molar-refractivity contribution < 1.29 is 46.9 Å². The number of hydrogen-bond donors (Lipinski definition) is 1. The van der Waals surface area contributed by atoms with Crippen molar-refractivity contribution in [1.29, 1.82) is 5.26 Å². The molecular formula is C23H21F3N2O7. The van der Waals surface area contributed by atoms with Crippen LogP contribution in [0, 0.1) is 23.2 Å². The molecular weight excluding hydrogens is 473 g/mol. The second-order valence-corrected chi connectivity index (χ2v) is 8.83. The summed E-state index contributed by atoms with van der Waals surface area (Å²) in [5, 5.41) is 19.0. The zero-order valence-corrected chi connectivity index (χ0v) is 18.9. The van der Waals surface area contributed by atoms with Crippen LogP contribution in [0.5, 0.6) is 0 Å². The van der Waals surface area contributed by atoms with Crippen LogP contribution in [0.4, 0.5) is 18.9 Å². The van der Waals surface area contributed by atoms with Gasteiger partial charge in [-0.2, -0.15) is 18.4 Å². The summed E-state index contributed by atoms with van der Waals surface area (Å²) < 4.78 is 56.9. The van der Waals surface area contributed by atoms with Gasteiger partial charge >= 0.3 is 12.1 Å². The van der Waals surface area contributed by atoms with Crippen molar-refractivity contribution in [3.63, 3.8) is 0 Å². The third kappa shape index (κ3) is 3.45. The fraction of sp³-hybridized carbons (Fsp3) is 0.478.